The molecule has 2 rings (SSSR count). The van der Waals surface area contributed by atoms with Crippen LogP contribution in [0.3, 0.4) is 0 Å². The number of benzene rings is 2. The Hall–Kier alpha value is -3.41. The van der Waals surface area contributed by atoms with Gasteiger partial charge < -0.3 is 15.0 Å². The van der Waals surface area contributed by atoms with Gasteiger partial charge in [-0.15, -0.1) is 0 Å². The van der Waals surface area contributed by atoms with E-state index in [4.69, 9.17) is 9.68 Å². The van der Waals surface area contributed by atoms with Gasteiger partial charge >= 0.3 is 0 Å². The Labute approximate surface area is 165 Å². The van der Waals surface area contributed by atoms with E-state index in [1.807, 2.05) is 50.2 Å². The summed E-state index contributed by atoms with van der Waals surface area (Å²) in [5.41, 5.74) is 5.24. The number of oxime groups is 2. The van der Waals surface area contributed by atoms with Crippen LogP contribution >= 0.6 is 0 Å². The highest BCUT2D eigenvalue weighted by Gasteiger charge is 2.19. The fraction of sp³-hybridized carbons (Fsp3) is 0.227. The lowest BCUT2D eigenvalue weighted by atomic mass is 9.97. The molecule has 2 aromatic rings. The minimum atomic E-state index is -0.358. The van der Waals surface area contributed by atoms with E-state index in [2.05, 4.69) is 22.2 Å². The Morgan fingerprint density at radius 1 is 1.21 bits per heavy atom. The van der Waals surface area contributed by atoms with Gasteiger partial charge in [-0.3, -0.25) is 4.79 Å². The zero-order valence-electron chi connectivity index (χ0n) is 16.7. The van der Waals surface area contributed by atoms with Crippen molar-refractivity contribution in [2.45, 2.75) is 20.5 Å². The topological polar surface area (TPSA) is 72.3 Å². The van der Waals surface area contributed by atoms with Crippen LogP contribution in [0.25, 0.3) is 6.08 Å². The predicted octanol–water partition coefficient (Wildman–Crippen LogP) is 3.68. The van der Waals surface area contributed by atoms with Gasteiger partial charge in [0.2, 0.25) is 0 Å². The maximum atomic E-state index is 12.2. The first-order valence-electron chi connectivity index (χ1n) is 8.83. The molecule has 1 N–H and O–H groups in total. The lowest BCUT2D eigenvalue weighted by molar-refractivity contribution is -0.114. The summed E-state index contributed by atoms with van der Waals surface area (Å²) in [5.74, 6) is -0.358. The van der Waals surface area contributed by atoms with Crippen LogP contribution in [-0.2, 0) is 21.1 Å². The van der Waals surface area contributed by atoms with Crippen molar-refractivity contribution < 1.29 is 14.5 Å². The summed E-state index contributed by atoms with van der Waals surface area (Å²) >= 11 is 0. The summed E-state index contributed by atoms with van der Waals surface area (Å²) in [6.07, 6.45) is 1.70. The average Bonchev–Trinajstić information content (AvgIpc) is 2.71. The molecule has 2 aromatic carbocycles. The first-order chi connectivity index (χ1) is 13.5. The van der Waals surface area contributed by atoms with Gasteiger partial charge in [0.05, 0.1) is 5.71 Å². The highest BCUT2D eigenvalue weighted by Crippen LogP contribution is 2.19. The largest absolute Gasteiger partial charge is 0.398 e. The normalized spacial score (nSPS) is 11.7. The van der Waals surface area contributed by atoms with E-state index in [0.717, 1.165) is 28.0 Å². The Morgan fingerprint density at radius 2 is 1.96 bits per heavy atom. The number of carbonyl (C=O) groups excluding carboxylic acids is 1. The highest BCUT2D eigenvalue weighted by molar-refractivity contribution is 6.45. The van der Waals surface area contributed by atoms with E-state index in [1.165, 1.54) is 14.2 Å². The van der Waals surface area contributed by atoms with Gasteiger partial charge in [-0.25, -0.2) is 0 Å². The maximum absolute atomic E-state index is 12.2. The number of hydrogen-bond acceptors (Lipinski definition) is 5. The number of hydrogen-bond donors (Lipinski definition) is 1. The van der Waals surface area contributed by atoms with E-state index >= 15 is 0 Å². The molecular formula is C22H25N3O3. The highest BCUT2D eigenvalue weighted by atomic mass is 16.6. The van der Waals surface area contributed by atoms with Crippen LogP contribution in [0.2, 0.25) is 0 Å². The Bertz CT molecular complexity index is 917. The van der Waals surface area contributed by atoms with E-state index in [9.17, 15) is 4.79 Å². The molecule has 0 saturated carbocycles. The fourth-order valence-electron chi connectivity index (χ4n) is 2.72. The number of likely N-dealkylation sites (N-methyl/N-ethyl adjacent to an activating group) is 1. The van der Waals surface area contributed by atoms with Crippen molar-refractivity contribution in [2.75, 3.05) is 14.2 Å². The first-order valence-corrected chi connectivity index (χ1v) is 8.83. The molecule has 6 heteroatoms. The van der Waals surface area contributed by atoms with Gasteiger partial charge in [0.25, 0.3) is 5.91 Å². The molecule has 0 spiro atoms. The SMILES string of the molecule is C=Cc1cccc(/C(=N\OC)C(=O)NC)c1CO/N=C(\C)c1cccc(C)c1. The number of carbonyl (C=O) groups is 1. The van der Waals surface area contributed by atoms with Crippen LogP contribution in [0.15, 0.2) is 59.4 Å². The fourth-order valence-corrected chi connectivity index (χ4v) is 2.72. The summed E-state index contributed by atoms with van der Waals surface area (Å²) in [6.45, 7) is 7.91. The summed E-state index contributed by atoms with van der Waals surface area (Å²) in [7, 11) is 2.93. The van der Waals surface area contributed by atoms with Crippen LogP contribution in [0.5, 0.6) is 0 Å². The van der Waals surface area contributed by atoms with Gasteiger partial charge in [0, 0.05) is 18.2 Å². The molecule has 6 nitrogen and oxygen atoms in total. The number of nitrogens with one attached hydrogen (secondary N) is 1. The van der Waals surface area contributed by atoms with E-state index in [1.54, 1.807) is 12.1 Å². The summed E-state index contributed by atoms with van der Waals surface area (Å²) < 4.78 is 0. The van der Waals surface area contributed by atoms with Crippen LogP contribution in [0, 0.1) is 6.92 Å². The van der Waals surface area contributed by atoms with Gasteiger partial charge in [0.15, 0.2) is 5.71 Å². The molecule has 0 unspecified atom stereocenters. The first kappa shape index (κ1) is 20.9. The third-order valence-corrected chi connectivity index (χ3v) is 4.16. The lowest BCUT2D eigenvalue weighted by Gasteiger charge is -2.13. The molecular weight excluding hydrogens is 354 g/mol. The van der Waals surface area contributed by atoms with Crippen LogP contribution in [0.1, 0.15) is 34.7 Å². The van der Waals surface area contributed by atoms with Gasteiger partial charge in [-0.05, 0) is 25.0 Å². The van der Waals surface area contributed by atoms with Crippen LogP contribution in [0.4, 0.5) is 0 Å². The van der Waals surface area contributed by atoms with Crippen molar-refractivity contribution in [2.24, 2.45) is 10.3 Å². The molecule has 0 atom stereocenters. The molecule has 0 aliphatic heterocycles. The average molecular weight is 379 g/mol. The second kappa shape index (κ2) is 10.1. The molecule has 0 aliphatic carbocycles. The summed E-state index contributed by atoms with van der Waals surface area (Å²) in [4.78, 5) is 22.7. The number of aryl methyl sites for hydroxylation is 1. The van der Waals surface area contributed by atoms with Crippen molar-refractivity contribution in [3.05, 3.63) is 76.9 Å². The van der Waals surface area contributed by atoms with Crippen molar-refractivity contribution in [3.63, 3.8) is 0 Å². The van der Waals surface area contributed by atoms with Crippen molar-refractivity contribution >= 4 is 23.4 Å². The molecule has 0 bridgehead atoms. The maximum Gasteiger partial charge on any atom is 0.273 e. The third-order valence-electron chi connectivity index (χ3n) is 4.16. The van der Waals surface area contributed by atoms with Crippen LogP contribution in [-0.4, -0.2) is 31.5 Å². The second-order valence-corrected chi connectivity index (χ2v) is 6.10. The molecule has 1 amide bonds. The molecule has 0 heterocycles. The zero-order valence-corrected chi connectivity index (χ0v) is 16.7. The second-order valence-electron chi connectivity index (χ2n) is 6.10. The zero-order chi connectivity index (χ0) is 20.5. The van der Waals surface area contributed by atoms with E-state index < -0.39 is 0 Å². The molecule has 28 heavy (non-hydrogen) atoms. The lowest BCUT2D eigenvalue weighted by Crippen LogP contribution is -2.29. The number of amides is 1. The number of nitrogens with zero attached hydrogens (tertiary/aromatic N) is 2. The monoisotopic (exact) mass is 379 g/mol. The Morgan fingerprint density at radius 3 is 2.61 bits per heavy atom. The minimum Gasteiger partial charge on any atom is -0.398 e. The van der Waals surface area contributed by atoms with Crippen molar-refractivity contribution in [1.82, 2.24) is 5.32 Å². The number of rotatable bonds is 8. The Balaban J connectivity index is 2.34. The van der Waals surface area contributed by atoms with E-state index in [-0.39, 0.29) is 18.2 Å². The molecule has 0 radical (unpaired) electrons. The Kier molecular flexibility index (Phi) is 7.51. The van der Waals surface area contributed by atoms with Crippen molar-refractivity contribution in [1.29, 1.82) is 0 Å². The molecule has 0 fully saturated rings. The minimum absolute atomic E-state index is 0.153. The molecule has 146 valence electrons. The van der Waals surface area contributed by atoms with Crippen molar-refractivity contribution in [3.8, 4) is 0 Å². The van der Waals surface area contributed by atoms with E-state index in [0.29, 0.717) is 5.56 Å². The summed E-state index contributed by atoms with van der Waals surface area (Å²) in [6, 6.07) is 13.5. The van der Waals surface area contributed by atoms with Crippen LogP contribution < -0.4 is 5.32 Å². The standard InChI is InChI=1S/C22H25N3O3/c1-6-17-10-8-12-19(21(25-27-5)22(26)23-4)20(17)14-28-24-16(3)18-11-7-9-15(2)13-18/h6-13H,1,14H2,2-5H3,(H,23,26)/b24-16+,25-21+. The van der Waals surface area contributed by atoms with Gasteiger partial charge in [-0.2, -0.15) is 0 Å². The quantitative estimate of drug-likeness (QED) is 0.562. The van der Waals surface area contributed by atoms with Gasteiger partial charge in [-0.1, -0.05) is 71.0 Å². The molecule has 0 aliphatic rings. The summed E-state index contributed by atoms with van der Waals surface area (Å²) in [5, 5.41) is 10.7. The molecule has 0 saturated heterocycles. The third kappa shape index (κ3) is 5.07. The smallest absolute Gasteiger partial charge is 0.273 e. The van der Waals surface area contributed by atoms with Gasteiger partial charge in [0.1, 0.15) is 13.7 Å². The molecule has 0 aromatic heterocycles. The predicted molar refractivity (Wildman–Crippen MR) is 112 cm³/mol.